The number of aromatic nitrogens is 1. The Kier molecular flexibility index (Phi) is 5.88. The summed E-state index contributed by atoms with van der Waals surface area (Å²) in [6.07, 6.45) is 1.50. The van der Waals surface area contributed by atoms with Crippen LogP contribution in [0.4, 0.5) is 4.39 Å². The molecule has 8 heteroatoms. The zero-order valence-electron chi connectivity index (χ0n) is 15.3. The number of rotatable bonds is 7. The molecule has 1 N–H and O–H groups in total. The van der Waals surface area contributed by atoms with Crippen LogP contribution in [0, 0.1) is 11.7 Å². The normalized spacial score (nSPS) is 12.0. The molecule has 146 valence electrons. The number of hydrogen-bond donors (Lipinski definition) is 1. The van der Waals surface area contributed by atoms with Crippen LogP contribution in [0.3, 0.4) is 0 Å². The number of hydrogen-bond acceptors (Lipinski definition) is 6. The first-order valence-corrected chi connectivity index (χ1v) is 8.67. The Morgan fingerprint density at radius 1 is 1.18 bits per heavy atom. The van der Waals surface area contributed by atoms with Gasteiger partial charge in [0.1, 0.15) is 24.2 Å². The second kappa shape index (κ2) is 8.51. The molecular weight excluding hydrogens is 367 g/mol. The van der Waals surface area contributed by atoms with Gasteiger partial charge in [-0.2, -0.15) is 0 Å². The lowest BCUT2D eigenvalue weighted by molar-refractivity contribution is -0.148. The zero-order valence-corrected chi connectivity index (χ0v) is 15.3. The first kappa shape index (κ1) is 19.3. The average Bonchev–Trinajstić information content (AvgIpc) is 3.35. The highest BCUT2D eigenvalue weighted by atomic mass is 19.1. The number of esters is 1. The summed E-state index contributed by atoms with van der Waals surface area (Å²) < 4.78 is 29.4. The zero-order chi connectivity index (χ0) is 20.1. The molecule has 2 heterocycles. The average molecular weight is 386 g/mol. The fourth-order valence-corrected chi connectivity index (χ4v) is 2.51. The van der Waals surface area contributed by atoms with Gasteiger partial charge in [-0.05, 0) is 30.2 Å². The highest BCUT2D eigenvalue weighted by molar-refractivity contribution is 5.97. The number of carbonyl (C=O) groups excluding carboxylic acids is 2. The third-order valence-electron chi connectivity index (χ3n) is 4.01. The van der Waals surface area contributed by atoms with Crippen molar-refractivity contribution in [3.8, 4) is 11.5 Å². The van der Waals surface area contributed by atoms with Gasteiger partial charge in [0.25, 0.3) is 5.91 Å². The van der Waals surface area contributed by atoms with E-state index in [4.69, 9.17) is 13.7 Å². The van der Waals surface area contributed by atoms with Crippen LogP contribution in [-0.2, 0) is 16.1 Å². The molecule has 0 aliphatic rings. The first-order chi connectivity index (χ1) is 13.5. The molecule has 0 fully saturated rings. The third kappa shape index (κ3) is 4.46. The van der Waals surface area contributed by atoms with Gasteiger partial charge in [0.15, 0.2) is 5.76 Å². The molecule has 0 bridgehead atoms. The Morgan fingerprint density at radius 3 is 2.64 bits per heavy atom. The van der Waals surface area contributed by atoms with E-state index in [9.17, 15) is 14.0 Å². The fraction of sp³-hybridized carbons (Fsp3) is 0.250. The van der Waals surface area contributed by atoms with Crippen LogP contribution in [-0.4, -0.2) is 23.1 Å². The van der Waals surface area contributed by atoms with Crippen LogP contribution in [0.1, 0.15) is 29.9 Å². The van der Waals surface area contributed by atoms with E-state index in [1.165, 1.54) is 24.5 Å². The predicted octanol–water partition coefficient (Wildman–Crippen LogP) is 3.57. The third-order valence-corrected chi connectivity index (χ3v) is 4.01. The van der Waals surface area contributed by atoms with Crippen molar-refractivity contribution < 1.29 is 27.7 Å². The van der Waals surface area contributed by atoms with Crippen LogP contribution >= 0.6 is 0 Å². The molecular formula is C20H19FN2O5. The van der Waals surface area contributed by atoms with E-state index in [0.29, 0.717) is 17.2 Å². The van der Waals surface area contributed by atoms with E-state index in [1.54, 1.807) is 38.1 Å². The van der Waals surface area contributed by atoms with Gasteiger partial charge in [-0.1, -0.05) is 31.1 Å². The highest BCUT2D eigenvalue weighted by Gasteiger charge is 2.27. The number of amides is 1. The van der Waals surface area contributed by atoms with E-state index in [0.717, 1.165) is 0 Å². The van der Waals surface area contributed by atoms with Gasteiger partial charge < -0.3 is 19.0 Å². The summed E-state index contributed by atoms with van der Waals surface area (Å²) in [6.45, 7) is 3.36. The van der Waals surface area contributed by atoms with E-state index in [1.807, 2.05) is 0 Å². The summed E-state index contributed by atoms with van der Waals surface area (Å²) in [4.78, 5) is 24.7. The summed E-state index contributed by atoms with van der Waals surface area (Å²) in [5.41, 5.74) is 0.253. The summed E-state index contributed by atoms with van der Waals surface area (Å²) in [5, 5.41) is 6.34. The molecule has 0 aliphatic carbocycles. The molecule has 0 aliphatic heterocycles. The summed E-state index contributed by atoms with van der Waals surface area (Å²) in [6, 6.07) is 9.62. The Morgan fingerprint density at radius 2 is 1.96 bits per heavy atom. The van der Waals surface area contributed by atoms with Crippen LogP contribution in [0.2, 0.25) is 0 Å². The summed E-state index contributed by atoms with van der Waals surface area (Å²) in [7, 11) is 0. The van der Waals surface area contributed by atoms with E-state index in [2.05, 4.69) is 10.5 Å². The van der Waals surface area contributed by atoms with Crippen molar-refractivity contribution in [2.45, 2.75) is 26.5 Å². The van der Waals surface area contributed by atoms with Gasteiger partial charge >= 0.3 is 5.97 Å². The maximum atomic E-state index is 13.8. The van der Waals surface area contributed by atoms with Crippen molar-refractivity contribution in [2.75, 3.05) is 0 Å². The SMILES string of the molecule is CC(C)[C@H](NC(=O)c1ccccc1F)C(=O)OCc1cc(-c2ccco2)on1. The van der Waals surface area contributed by atoms with E-state index >= 15 is 0 Å². The topological polar surface area (TPSA) is 94.6 Å². The molecule has 1 amide bonds. The molecule has 0 radical (unpaired) electrons. The summed E-state index contributed by atoms with van der Waals surface area (Å²) in [5.74, 6) is -1.35. The Bertz CT molecular complexity index is 949. The van der Waals surface area contributed by atoms with Crippen LogP contribution in [0.15, 0.2) is 57.7 Å². The highest BCUT2D eigenvalue weighted by Crippen LogP contribution is 2.21. The van der Waals surface area contributed by atoms with Crippen LogP contribution in [0.5, 0.6) is 0 Å². The van der Waals surface area contributed by atoms with Gasteiger partial charge in [0.2, 0.25) is 5.76 Å². The quantitative estimate of drug-likeness (QED) is 0.624. The lowest BCUT2D eigenvalue weighted by Crippen LogP contribution is -2.45. The standard InChI is InChI=1S/C20H19FN2O5/c1-12(2)18(22-19(24)14-6-3-4-7-15(14)21)20(25)27-11-13-10-17(28-23-13)16-8-5-9-26-16/h3-10,12,18H,11H2,1-2H3,(H,22,24)/t18-/m0/s1. The molecule has 0 unspecified atom stereocenters. The molecule has 28 heavy (non-hydrogen) atoms. The number of furan rings is 1. The summed E-state index contributed by atoms with van der Waals surface area (Å²) >= 11 is 0. The molecule has 7 nitrogen and oxygen atoms in total. The smallest absolute Gasteiger partial charge is 0.329 e. The molecule has 1 aromatic carbocycles. The maximum absolute atomic E-state index is 13.8. The Balaban J connectivity index is 1.62. The second-order valence-electron chi connectivity index (χ2n) is 6.44. The Labute approximate surface area is 160 Å². The lowest BCUT2D eigenvalue weighted by Gasteiger charge is -2.20. The molecule has 3 rings (SSSR count). The number of halogens is 1. The van der Waals surface area contributed by atoms with Crippen molar-refractivity contribution in [3.05, 3.63) is 65.8 Å². The minimum absolute atomic E-state index is 0.137. The molecule has 3 aromatic rings. The Hall–Kier alpha value is -3.42. The molecule has 0 spiro atoms. The first-order valence-electron chi connectivity index (χ1n) is 8.67. The van der Waals surface area contributed by atoms with Crippen LogP contribution < -0.4 is 5.32 Å². The number of ether oxygens (including phenoxy) is 1. The number of nitrogens with zero attached hydrogens (tertiary/aromatic N) is 1. The maximum Gasteiger partial charge on any atom is 0.329 e. The van der Waals surface area contributed by atoms with Crippen LogP contribution in [0.25, 0.3) is 11.5 Å². The van der Waals surface area contributed by atoms with Crippen molar-refractivity contribution in [1.82, 2.24) is 10.5 Å². The van der Waals surface area contributed by atoms with E-state index in [-0.39, 0.29) is 18.1 Å². The van der Waals surface area contributed by atoms with Crippen molar-refractivity contribution in [2.24, 2.45) is 5.92 Å². The minimum Gasteiger partial charge on any atom is -0.461 e. The van der Waals surface area contributed by atoms with Gasteiger partial charge in [-0.3, -0.25) is 4.79 Å². The van der Waals surface area contributed by atoms with Gasteiger partial charge in [0.05, 0.1) is 11.8 Å². The lowest BCUT2D eigenvalue weighted by atomic mass is 10.0. The monoisotopic (exact) mass is 386 g/mol. The molecule has 1 atom stereocenters. The number of nitrogens with one attached hydrogen (secondary N) is 1. The fourth-order valence-electron chi connectivity index (χ4n) is 2.51. The van der Waals surface area contributed by atoms with E-state index < -0.39 is 23.7 Å². The van der Waals surface area contributed by atoms with Gasteiger partial charge in [-0.25, -0.2) is 9.18 Å². The number of benzene rings is 1. The van der Waals surface area contributed by atoms with Crippen molar-refractivity contribution >= 4 is 11.9 Å². The second-order valence-corrected chi connectivity index (χ2v) is 6.44. The molecule has 2 aromatic heterocycles. The largest absolute Gasteiger partial charge is 0.461 e. The predicted molar refractivity (Wildman–Crippen MR) is 96.5 cm³/mol. The van der Waals surface area contributed by atoms with Gasteiger partial charge in [0, 0.05) is 6.07 Å². The van der Waals surface area contributed by atoms with Crippen molar-refractivity contribution in [3.63, 3.8) is 0 Å². The molecule has 0 saturated heterocycles. The van der Waals surface area contributed by atoms with Gasteiger partial charge in [-0.15, -0.1) is 0 Å². The molecule has 0 saturated carbocycles. The number of carbonyl (C=O) groups is 2. The van der Waals surface area contributed by atoms with Crippen molar-refractivity contribution in [1.29, 1.82) is 0 Å². The minimum atomic E-state index is -0.941.